The quantitative estimate of drug-likeness (QED) is 0.816. The maximum Gasteiger partial charge on any atom is 0.147 e. The topological polar surface area (TPSA) is 32.3 Å². The van der Waals surface area contributed by atoms with Gasteiger partial charge in [-0.3, -0.25) is 4.98 Å². The molecule has 4 nitrogen and oxygen atoms in total. The van der Waals surface area contributed by atoms with E-state index in [4.69, 9.17) is 11.6 Å². The summed E-state index contributed by atoms with van der Waals surface area (Å²) in [4.78, 5) is 13.1. The third-order valence-electron chi connectivity index (χ3n) is 3.60. The Morgan fingerprint density at radius 2 is 1.67 bits per heavy atom. The van der Waals surface area contributed by atoms with Crippen molar-refractivity contribution in [1.82, 2.24) is 9.97 Å². The zero-order chi connectivity index (χ0) is 14.7. The lowest BCUT2D eigenvalue weighted by Crippen LogP contribution is -2.46. The first-order valence-corrected chi connectivity index (χ1v) is 7.42. The number of hydrogen-bond donors (Lipinski definition) is 0. The zero-order valence-electron chi connectivity index (χ0n) is 11.5. The van der Waals surface area contributed by atoms with Gasteiger partial charge >= 0.3 is 0 Å². The molecular weight excluding hydrogens is 291 g/mol. The predicted molar refractivity (Wildman–Crippen MR) is 82.4 cm³/mol. The number of halogens is 2. The monoisotopic (exact) mass is 306 g/mol. The lowest BCUT2D eigenvalue weighted by Gasteiger charge is -2.36. The van der Waals surface area contributed by atoms with Crippen LogP contribution in [0.2, 0.25) is 0 Å². The maximum atomic E-state index is 13.0. The highest BCUT2D eigenvalue weighted by Gasteiger charge is 2.18. The maximum absolute atomic E-state index is 13.0. The van der Waals surface area contributed by atoms with Crippen molar-refractivity contribution < 1.29 is 4.39 Å². The van der Waals surface area contributed by atoms with Gasteiger partial charge in [0.1, 0.15) is 11.6 Å². The highest BCUT2D eigenvalue weighted by atomic mass is 35.5. The van der Waals surface area contributed by atoms with E-state index in [0.29, 0.717) is 5.88 Å². The molecule has 0 saturated carbocycles. The molecule has 1 aliphatic heterocycles. The number of aromatic nitrogens is 2. The fraction of sp³-hybridized carbons (Fsp3) is 0.333. The fourth-order valence-corrected chi connectivity index (χ4v) is 2.59. The third kappa shape index (κ3) is 3.24. The van der Waals surface area contributed by atoms with Crippen molar-refractivity contribution in [3.63, 3.8) is 0 Å². The fourth-order valence-electron chi connectivity index (χ4n) is 2.46. The molecular formula is C15H16ClFN4. The molecule has 1 fully saturated rings. The first kappa shape index (κ1) is 14.1. The summed E-state index contributed by atoms with van der Waals surface area (Å²) in [6, 6.07) is 6.63. The van der Waals surface area contributed by atoms with Crippen LogP contribution in [0.15, 0.2) is 36.7 Å². The highest BCUT2D eigenvalue weighted by Crippen LogP contribution is 2.19. The average molecular weight is 307 g/mol. The summed E-state index contributed by atoms with van der Waals surface area (Å²) in [7, 11) is 0. The Balaban J connectivity index is 1.65. The Morgan fingerprint density at radius 3 is 2.33 bits per heavy atom. The molecule has 0 spiro atoms. The number of benzene rings is 1. The minimum atomic E-state index is -0.203. The first-order valence-electron chi connectivity index (χ1n) is 6.88. The van der Waals surface area contributed by atoms with Crippen LogP contribution in [0.1, 0.15) is 5.69 Å². The van der Waals surface area contributed by atoms with E-state index in [1.807, 2.05) is 12.1 Å². The van der Waals surface area contributed by atoms with Gasteiger partial charge in [0, 0.05) is 38.1 Å². The summed E-state index contributed by atoms with van der Waals surface area (Å²) < 4.78 is 13.0. The van der Waals surface area contributed by atoms with Crippen LogP contribution in [0.5, 0.6) is 0 Å². The summed E-state index contributed by atoms with van der Waals surface area (Å²) in [6.45, 7) is 3.46. The van der Waals surface area contributed by atoms with Gasteiger partial charge < -0.3 is 9.80 Å². The summed E-state index contributed by atoms with van der Waals surface area (Å²) in [5.74, 6) is 1.04. The van der Waals surface area contributed by atoms with Crippen molar-refractivity contribution in [2.75, 3.05) is 36.0 Å². The van der Waals surface area contributed by atoms with Gasteiger partial charge in [-0.15, -0.1) is 11.6 Å². The Hall–Kier alpha value is -1.88. The largest absolute Gasteiger partial charge is 0.368 e. The molecule has 1 saturated heterocycles. The summed E-state index contributed by atoms with van der Waals surface area (Å²) in [5.41, 5.74) is 1.84. The van der Waals surface area contributed by atoms with Gasteiger partial charge in [0.05, 0.1) is 17.8 Å². The third-order valence-corrected chi connectivity index (χ3v) is 3.88. The Bertz CT molecular complexity index is 597. The highest BCUT2D eigenvalue weighted by molar-refractivity contribution is 6.16. The van der Waals surface area contributed by atoms with Crippen molar-refractivity contribution in [2.24, 2.45) is 0 Å². The second-order valence-electron chi connectivity index (χ2n) is 4.95. The number of hydrogen-bond acceptors (Lipinski definition) is 4. The van der Waals surface area contributed by atoms with Gasteiger partial charge in [-0.1, -0.05) is 0 Å². The van der Waals surface area contributed by atoms with Gasteiger partial charge in [-0.05, 0) is 24.3 Å². The van der Waals surface area contributed by atoms with Crippen molar-refractivity contribution in [3.8, 4) is 0 Å². The number of rotatable bonds is 3. The van der Waals surface area contributed by atoms with Crippen LogP contribution in [-0.4, -0.2) is 36.1 Å². The molecule has 1 aromatic carbocycles. The smallest absolute Gasteiger partial charge is 0.147 e. The van der Waals surface area contributed by atoms with Gasteiger partial charge in [0.25, 0.3) is 0 Å². The van der Waals surface area contributed by atoms with Crippen molar-refractivity contribution in [1.29, 1.82) is 0 Å². The Kier molecular flexibility index (Phi) is 4.20. The lowest BCUT2D eigenvalue weighted by molar-refractivity contribution is 0.624. The summed E-state index contributed by atoms with van der Waals surface area (Å²) in [6.07, 6.45) is 3.45. The molecule has 0 aliphatic carbocycles. The zero-order valence-corrected chi connectivity index (χ0v) is 12.3. The van der Waals surface area contributed by atoms with E-state index in [9.17, 15) is 4.39 Å². The lowest BCUT2D eigenvalue weighted by atomic mass is 10.2. The average Bonchev–Trinajstić information content (AvgIpc) is 2.56. The van der Waals surface area contributed by atoms with Crippen molar-refractivity contribution in [3.05, 3.63) is 48.2 Å². The molecule has 0 unspecified atom stereocenters. The second-order valence-corrected chi connectivity index (χ2v) is 5.22. The molecule has 0 radical (unpaired) electrons. The molecule has 0 N–H and O–H groups in total. The Morgan fingerprint density at radius 1 is 1.00 bits per heavy atom. The van der Waals surface area contributed by atoms with E-state index in [-0.39, 0.29) is 5.82 Å². The van der Waals surface area contributed by atoms with Crippen molar-refractivity contribution in [2.45, 2.75) is 5.88 Å². The minimum Gasteiger partial charge on any atom is -0.368 e. The van der Waals surface area contributed by atoms with Crippen LogP contribution in [0.3, 0.4) is 0 Å². The van der Waals surface area contributed by atoms with Crippen LogP contribution in [-0.2, 0) is 5.88 Å². The molecule has 110 valence electrons. The number of nitrogens with zero attached hydrogens (tertiary/aromatic N) is 4. The SMILES string of the molecule is Fc1ccc(N2CCN(c3cncc(CCl)n3)CC2)cc1. The molecule has 1 aliphatic rings. The van der Waals surface area contributed by atoms with Gasteiger partial charge in [-0.2, -0.15) is 0 Å². The predicted octanol–water partition coefficient (Wildman–Crippen LogP) is 2.68. The molecule has 0 amide bonds. The van der Waals surface area contributed by atoms with Crippen LogP contribution < -0.4 is 9.80 Å². The van der Waals surface area contributed by atoms with E-state index < -0.39 is 0 Å². The normalized spacial score (nSPS) is 15.3. The molecule has 3 rings (SSSR count). The van der Waals surface area contributed by atoms with E-state index in [2.05, 4.69) is 19.8 Å². The van der Waals surface area contributed by atoms with E-state index in [1.54, 1.807) is 12.4 Å². The van der Waals surface area contributed by atoms with E-state index in [1.165, 1.54) is 12.1 Å². The number of alkyl halides is 1. The minimum absolute atomic E-state index is 0.203. The van der Waals surface area contributed by atoms with Gasteiger partial charge in [-0.25, -0.2) is 9.37 Å². The Labute approximate surface area is 128 Å². The number of piperazine rings is 1. The van der Waals surface area contributed by atoms with Crippen LogP contribution in [0.4, 0.5) is 15.9 Å². The van der Waals surface area contributed by atoms with Crippen LogP contribution in [0, 0.1) is 5.82 Å². The molecule has 2 heterocycles. The van der Waals surface area contributed by atoms with Gasteiger partial charge in [0.15, 0.2) is 0 Å². The van der Waals surface area contributed by atoms with Gasteiger partial charge in [0.2, 0.25) is 0 Å². The molecule has 2 aromatic rings. The van der Waals surface area contributed by atoms with E-state index >= 15 is 0 Å². The van der Waals surface area contributed by atoms with Crippen LogP contribution >= 0.6 is 11.6 Å². The number of anilines is 2. The second kappa shape index (κ2) is 6.26. The summed E-state index contributed by atoms with van der Waals surface area (Å²) >= 11 is 5.79. The first-order chi connectivity index (χ1) is 10.3. The van der Waals surface area contributed by atoms with E-state index in [0.717, 1.165) is 43.4 Å². The molecule has 0 atom stereocenters. The van der Waals surface area contributed by atoms with Crippen LogP contribution in [0.25, 0.3) is 0 Å². The molecule has 0 bridgehead atoms. The summed E-state index contributed by atoms with van der Waals surface area (Å²) in [5, 5.41) is 0. The molecule has 21 heavy (non-hydrogen) atoms. The van der Waals surface area contributed by atoms with Crippen molar-refractivity contribution >= 4 is 23.1 Å². The molecule has 1 aromatic heterocycles. The standard InChI is InChI=1S/C15H16ClFN4/c16-9-13-10-18-11-15(19-13)21-7-5-20(6-8-21)14-3-1-12(17)2-4-14/h1-4,10-11H,5-9H2. The molecule has 6 heteroatoms.